The van der Waals surface area contributed by atoms with Crippen LogP contribution in [0.1, 0.15) is 16.7 Å². The van der Waals surface area contributed by atoms with Gasteiger partial charge in [0.15, 0.2) is 17.1 Å². The Labute approximate surface area is 173 Å². The molecule has 3 aromatic carbocycles. The molecule has 3 N–H and O–H groups in total. The van der Waals surface area contributed by atoms with Gasteiger partial charge in [-0.3, -0.25) is 4.79 Å². The minimum atomic E-state index is -1.95. The standard InChI is InChI=1S/C22H19ClN2O4/c1-29-19-13-18(23)12-15(20(19)26)14-24-25-21(27)22(28,16-8-4-2-5-9-16)17-10-6-3-7-11-17/h2-14,26,28H,1H3,(H,25,27)/b24-14-. The number of nitrogens with zero attached hydrogens (tertiary/aromatic N) is 1. The molecular weight excluding hydrogens is 392 g/mol. The zero-order chi connectivity index (χ0) is 20.9. The van der Waals surface area contributed by atoms with E-state index in [4.69, 9.17) is 16.3 Å². The van der Waals surface area contributed by atoms with Crippen molar-refractivity contribution in [1.29, 1.82) is 0 Å². The number of amides is 1. The van der Waals surface area contributed by atoms with Crippen LogP contribution in [0, 0.1) is 0 Å². The number of methoxy groups -OCH3 is 1. The number of hydrogen-bond donors (Lipinski definition) is 3. The third-order valence-corrected chi connectivity index (χ3v) is 4.59. The van der Waals surface area contributed by atoms with Crippen LogP contribution in [0.2, 0.25) is 5.02 Å². The van der Waals surface area contributed by atoms with Gasteiger partial charge in [-0.2, -0.15) is 5.10 Å². The van der Waals surface area contributed by atoms with E-state index in [0.717, 1.165) is 0 Å². The Balaban J connectivity index is 1.91. The number of carbonyl (C=O) groups is 1. The molecule has 0 saturated heterocycles. The second kappa shape index (κ2) is 8.77. The monoisotopic (exact) mass is 410 g/mol. The van der Waals surface area contributed by atoms with Crippen molar-refractivity contribution in [2.75, 3.05) is 7.11 Å². The molecule has 0 aliphatic carbocycles. The van der Waals surface area contributed by atoms with Gasteiger partial charge in [0.25, 0.3) is 5.91 Å². The summed E-state index contributed by atoms with van der Waals surface area (Å²) in [6.45, 7) is 0. The van der Waals surface area contributed by atoms with Crippen LogP contribution in [-0.4, -0.2) is 29.4 Å². The van der Waals surface area contributed by atoms with E-state index >= 15 is 0 Å². The van der Waals surface area contributed by atoms with Crippen LogP contribution in [0.25, 0.3) is 0 Å². The number of rotatable bonds is 6. The quantitative estimate of drug-likeness (QED) is 0.429. The summed E-state index contributed by atoms with van der Waals surface area (Å²) in [6, 6.07) is 20.1. The number of aliphatic hydroxyl groups is 1. The number of phenolic OH excluding ortho intramolecular Hbond substituents is 1. The largest absolute Gasteiger partial charge is 0.504 e. The number of hydrogen-bond acceptors (Lipinski definition) is 5. The molecule has 0 bridgehead atoms. The highest BCUT2D eigenvalue weighted by Gasteiger charge is 2.39. The molecule has 0 unspecified atom stereocenters. The minimum absolute atomic E-state index is 0.170. The summed E-state index contributed by atoms with van der Waals surface area (Å²) < 4.78 is 5.04. The van der Waals surface area contributed by atoms with E-state index in [0.29, 0.717) is 16.1 Å². The maximum Gasteiger partial charge on any atom is 0.281 e. The second-order valence-electron chi connectivity index (χ2n) is 6.19. The van der Waals surface area contributed by atoms with Crippen LogP contribution < -0.4 is 10.2 Å². The van der Waals surface area contributed by atoms with Gasteiger partial charge in [-0.1, -0.05) is 72.3 Å². The van der Waals surface area contributed by atoms with Gasteiger partial charge in [0.1, 0.15) is 0 Å². The lowest BCUT2D eigenvalue weighted by Gasteiger charge is -2.27. The Bertz CT molecular complexity index is 984. The van der Waals surface area contributed by atoms with E-state index in [1.807, 2.05) is 0 Å². The summed E-state index contributed by atoms with van der Waals surface area (Å²) in [7, 11) is 1.40. The number of halogens is 1. The lowest BCUT2D eigenvalue weighted by Crippen LogP contribution is -2.43. The van der Waals surface area contributed by atoms with Gasteiger partial charge >= 0.3 is 0 Å². The van der Waals surface area contributed by atoms with Gasteiger partial charge in [0, 0.05) is 16.7 Å². The number of ether oxygens (including phenoxy) is 1. The summed E-state index contributed by atoms with van der Waals surface area (Å²) in [5.41, 5.74) is 1.42. The van der Waals surface area contributed by atoms with Crippen LogP contribution in [0.15, 0.2) is 77.9 Å². The zero-order valence-corrected chi connectivity index (χ0v) is 16.3. The van der Waals surface area contributed by atoms with Gasteiger partial charge in [-0.15, -0.1) is 0 Å². The maximum atomic E-state index is 12.9. The summed E-state index contributed by atoms with van der Waals surface area (Å²) in [5.74, 6) is -0.744. The van der Waals surface area contributed by atoms with E-state index in [1.54, 1.807) is 60.7 Å². The third kappa shape index (κ3) is 4.23. The fraction of sp³-hybridized carbons (Fsp3) is 0.0909. The number of carbonyl (C=O) groups excluding carboxylic acids is 1. The highest BCUT2D eigenvalue weighted by molar-refractivity contribution is 6.31. The van der Waals surface area contributed by atoms with E-state index in [1.165, 1.54) is 25.5 Å². The van der Waals surface area contributed by atoms with Gasteiger partial charge in [0.05, 0.1) is 13.3 Å². The van der Waals surface area contributed by atoms with Gasteiger partial charge in [0.2, 0.25) is 0 Å². The van der Waals surface area contributed by atoms with E-state index in [-0.39, 0.29) is 17.1 Å². The first-order valence-electron chi connectivity index (χ1n) is 8.70. The highest BCUT2D eigenvalue weighted by atomic mass is 35.5. The Morgan fingerprint density at radius 3 is 2.14 bits per heavy atom. The summed E-state index contributed by atoms with van der Waals surface area (Å²) >= 11 is 5.99. The van der Waals surface area contributed by atoms with Gasteiger partial charge in [-0.05, 0) is 17.2 Å². The van der Waals surface area contributed by atoms with Crippen molar-refractivity contribution in [3.8, 4) is 11.5 Å². The highest BCUT2D eigenvalue weighted by Crippen LogP contribution is 2.32. The molecule has 3 rings (SSSR count). The Morgan fingerprint density at radius 2 is 1.62 bits per heavy atom. The predicted octanol–water partition coefficient (Wildman–Crippen LogP) is 3.44. The van der Waals surface area contributed by atoms with Crippen molar-refractivity contribution in [3.05, 3.63) is 94.5 Å². The van der Waals surface area contributed by atoms with Gasteiger partial charge in [-0.25, -0.2) is 5.43 Å². The summed E-state index contributed by atoms with van der Waals surface area (Å²) in [6.07, 6.45) is 1.22. The molecule has 0 saturated carbocycles. The molecule has 0 aliphatic rings. The molecule has 6 nitrogen and oxygen atoms in total. The molecule has 1 amide bonds. The first kappa shape index (κ1) is 20.4. The summed E-state index contributed by atoms with van der Waals surface area (Å²) in [5, 5.41) is 25.7. The van der Waals surface area contributed by atoms with Gasteiger partial charge < -0.3 is 14.9 Å². The molecule has 148 valence electrons. The fourth-order valence-electron chi connectivity index (χ4n) is 2.88. The average Bonchev–Trinajstić information content (AvgIpc) is 2.76. The molecule has 3 aromatic rings. The average molecular weight is 411 g/mol. The smallest absolute Gasteiger partial charge is 0.281 e. The number of hydrazone groups is 1. The molecule has 7 heteroatoms. The Morgan fingerprint density at radius 1 is 1.07 bits per heavy atom. The number of nitrogens with one attached hydrogen (secondary N) is 1. The topological polar surface area (TPSA) is 91.2 Å². The molecule has 0 radical (unpaired) electrons. The van der Waals surface area contributed by atoms with Crippen molar-refractivity contribution in [3.63, 3.8) is 0 Å². The SMILES string of the molecule is COc1cc(Cl)cc(/C=N\NC(=O)C(O)(c2ccccc2)c2ccccc2)c1O. The van der Waals surface area contributed by atoms with Crippen molar-refractivity contribution in [2.24, 2.45) is 5.10 Å². The Kier molecular flexibility index (Phi) is 6.16. The lowest BCUT2D eigenvalue weighted by atomic mass is 9.85. The molecule has 0 fully saturated rings. The fourth-order valence-corrected chi connectivity index (χ4v) is 3.09. The minimum Gasteiger partial charge on any atom is -0.504 e. The van der Waals surface area contributed by atoms with Crippen molar-refractivity contribution in [2.45, 2.75) is 5.60 Å². The third-order valence-electron chi connectivity index (χ3n) is 4.37. The predicted molar refractivity (Wildman–Crippen MR) is 111 cm³/mol. The van der Waals surface area contributed by atoms with Crippen LogP contribution in [0.4, 0.5) is 0 Å². The van der Waals surface area contributed by atoms with Crippen LogP contribution in [-0.2, 0) is 10.4 Å². The van der Waals surface area contributed by atoms with Crippen LogP contribution in [0.5, 0.6) is 11.5 Å². The number of benzene rings is 3. The van der Waals surface area contributed by atoms with Crippen molar-refractivity contribution in [1.82, 2.24) is 5.43 Å². The first-order valence-corrected chi connectivity index (χ1v) is 9.08. The molecular formula is C22H19ClN2O4. The molecule has 0 heterocycles. The first-order chi connectivity index (χ1) is 14.0. The maximum absolute atomic E-state index is 12.9. The van der Waals surface area contributed by atoms with E-state index in [2.05, 4.69) is 10.5 Å². The summed E-state index contributed by atoms with van der Waals surface area (Å²) in [4.78, 5) is 12.9. The second-order valence-corrected chi connectivity index (χ2v) is 6.62. The van der Waals surface area contributed by atoms with Crippen molar-refractivity contribution >= 4 is 23.7 Å². The molecule has 0 atom stereocenters. The Hall–Kier alpha value is -3.35. The number of aromatic hydroxyl groups is 1. The zero-order valence-electron chi connectivity index (χ0n) is 15.5. The van der Waals surface area contributed by atoms with E-state index < -0.39 is 11.5 Å². The van der Waals surface area contributed by atoms with Crippen LogP contribution >= 0.6 is 11.6 Å². The van der Waals surface area contributed by atoms with Crippen molar-refractivity contribution < 1.29 is 19.7 Å². The van der Waals surface area contributed by atoms with E-state index in [9.17, 15) is 15.0 Å². The lowest BCUT2D eigenvalue weighted by molar-refractivity contribution is -0.136. The normalized spacial score (nSPS) is 11.4. The molecule has 0 aromatic heterocycles. The van der Waals surface area contributed by atoms with Crippen LogP contribution in [0.3, 0.4) is 0 Å². The molecule has 0 spiro atoms. The number of phenols is 1. The molecule has 29 heavy (non-hydrogen) atoms. The molecule has 0 aliphatic heterocycles.